The van der Waals surface area contributed by atoms with Crippen LogP contribution >= 0.6 is 0 Å². The van der Waals surface area contributed by atoms with Crippen LogP contribution in [0.25, 0.3) is 11.1 Å². The van der Waals surface area contributed by atoms with Gasteiger partial charge in [-0.2, -0.15) is 0 Å². The summed E-state index contributed by atoms with van der Waals surface area (Å²) in [5.41, 5.74) is 13.2. The van der Waals surface area contributed by atoms with Crippen LogP contribution in [0.2, 0.25) is 0 Å². The Labute approximate surface area is 358 Å². The summed E-state index contributed by atoms with van der Waals surface area (Å²) < 4.78 is 6.05. The molecule has 15 heteroatoms. The van der Waals surface area contributed by atoms with E-state index in [4.69, 9.17) is 21.3 Å². The van der Waals surface area contributed by atoms with E-state index in [9.17, 15) is 19.2 Å². The van der Waals surface area contributed by atoms with Crippen molar-refractivity contribution in [2.75, 3.05) is 68.5 Å². The summed E-state index contributed by atoms with van der Waals surface area (Å²) in [7, 11) is 1.57. The van der Waals surface area contributed by atoms with Crippen molar-refractivity contribution in [1.82, 2.24) is 25.8 Å². The number of nitrogen functional groups attached to an aromatic ring is 1. The number of nitrogens with zero attached hydrogens (tertiary/aromatic N) is 4. The molecule has 1 fully saturated rings. The monoisotopic (exact) mass is 830 g/mol. The molecule has 322 valence electrons. The van der Waals surface area contributed by atoms with E-state index >= 15 is 0 Å². The third kappa shape index (κ3) is 12.0. The number of pyridine rings is 1. The number of aldehydes is 1. The molecule has 1 aromatic heterocycles. The predicted octanol–water partition coefficient (Wildman–Crippen LogP) is 5.45. The van der Waals surface area contributed by atoms with E-state index in [0.29, 0.717) is 24.3 Å². The molecule has 1 aliphatic rings. The fraction of sp³-hybridized carbons (Fsp3) is 0.370. The van der Waals surface area contributed by atoms with Gasteiger partial charge in [0.05, 0.1) is 12.3 Å². The lowest BCUT2D eigenvalue weighted by atomic mass is 9.96. The molecule has 0 spiro atoms. The van der Waals surface area contributed by atoms with Crippen molar-refractivity contribution in [3.05, 3.63) is 101 Å². The summed E-state index contributed by atoms with van der Waals surface area (Å²) in [6.07, 6.45) is 3.67. The first-order chi connectivity index (χ1) is 29.1. The molecular weight excluding hydrogens is 773 g/mol. The highest BCUT2D eigenvalue weighted by atomic mass is 16.5. The zero-order valence-electron chi connectivity index (χ0n) is 36.0. The standard InChI is InChI=1S/C46H58N10O5/c1-30-25-33(9-10-34(30)28-52-43(58)42(49)53-44(59)46(3,4)5)40(47)38-27-35(29-51-41(38)48)32-11-13-36(14-12-32)55-21-19-54(20-22-55)17-8-24-61-37-15-16-39(31(2)26-37)56(18-7-23-57)45(60)50-6/h9-16,23,25-27,29,47H,7-8,17-22,24,28H2,1-6H3,(H2,48,51)(H,50,60)(H,52,58)(H2,49,53,59). The number of hydrogen-bond acceptors (Lipinski definition) is 11. The van der Waals surface area contributed by atoms with E-state index in [1.807, 2.05) is 50.2 Å². The maximum atomic E-state index is 12.5. The molecule has 0 saturated carbocycles. The van der Waals surface area contributed by atoms with Crippen LogP contribution in [0.3, 0.4) is 0 Å². The zero-order chi connectivity index (χ0) is 44.3. The topological polar surface area (TPSA) is 210 Å². The number of nitrogens with two attached hydrogens (primary N) is 1. The summed E-state index contributed by atoms with van der Waals surface area (Å²) >= 11 is 0. The SMILES string of the molecule is CNC(=O)N(CCC=O)c1ccc(OCCCN2CCN(c3ccc(-c4cnc(N)c(C(=N)c5ccc(CNC(=O)C(=N)NC(=O)C(C)(C)C)c(C)c5)c4)cc3)CC2)cc1C. The number of aryl methyl sites for hydroxylation is 2. The van der Waals surface area contributed by atoms with E-state index in [1.54, 1.807) is 45.0 Å². The number of benzene rings is 3. The highest BCUT2D eigenvalue weighted by Gasteiger charge is 2.24. The molecule has 4 amide bonds. The number of piperazine rings is 1. The first-order valence-electron chi connectivity index (χ1n) is 20.5. The van der Waals surface area contributed by atoms with Crippen LogP contribution in [-0.2, 0) is 20.9 Å². The molecule has 2 heterocycles. The summed E-state index contributed by atoms with van der Waals surface area (Å²) in [5.74, 6) is -0.613. The average Bonchev–Trinajstić information content (AvgIpc) is 3.25. The van der Waals surface area contributed by atoms with Gasteiger partial charge in [-0.1, -0.05) is 45.0 Å². The molecule has 0 unspecified atom stereocenters. The molecule has 0 atom stereocenters. The lowest BCUT2D eigenvalue weighted by Crippen LogP contribution is -2.46. The summed E-state index contributed by atoms with van der Waals surface area (Å²) in [6.45, 7) is 14.6. The minimum atomic E-state index is -0.732. The molecule has 7 N–H and O–H groups in total. The minimum Gasteiger partial charge on any atom is -0.494 e. The van der Waals surface area contributed by atoms with Crippen LogP contribution in [0.1, 0.15) is 61.4 Å². The Morgan fingerprint density at radius 3 is 2.30 bits per heavy atom. The van der Waals surface area contributed by atoms with Crippen molar-refractivity contribution in [1.29, 1.82) is 10.8 Å². The van der Waals surface area contributed by atoms with Gasteiger partial charge in [-0.05, 0) is 85.0 Å². The highest BCUT2D eigenvalue weighted by molar-refractivity contribution is 6.39. The molecule has 0 bridgehead atoms. The fourth-order valence-corrected chi connectivity index (χ4v) is 6.90. The lowest BCUT2D eigenvalue weighted by molar-refractivity contribution is -0.127. The van der Waals surface area contributed by atoms with Gasteiger partial charge < -0.3 is 36.1 Å². The highest BCUT2D eigenvalue weighted by Crippen LogP contribution is 2.28. The number of anilines is 3. The molecule has 5 rings (SSSR count). The van der Waals surface area contributed by atoms with Gasteiger partial charge >= 0.3 is 6.03 Å². The van der Waals surface area contributed by atoms with E-state index in [-0.39, 0.29) is 30.5 Å². The number of hydrogen-bond donors (Lipinski definition) is 6. The van der Waals surface area contributed by atoms with Crippen LogP contribution in [-0.4, -0.2) is 98.5 Å². The number of urea groups is 1. The molecule has 15 nitrogen and oxygen atoms in total. The number of aromatic nitrogens is 1. The third-order valence-corrected chi connectivity index (χ3v) is 10.6. The minimum absolute atomic E-state index is 0.152. The smallest absolute Gasteiger partial charge is 0.321 e. The molecule has 0 radical (unpaired) electrons. The maximum absolute atomic E-state index is 12.5. The van der Waals surface area contributed by atoms with Gasteiger partial charge in [0.25, 0.3) is 5.91 Å². The average molecular weight is 831 g/mol. The van der Waals surface area contributed by atoms with Crippen molar-refractivity contribution >= 4 is 52.9 Å². The quantitative estimate of drug-likeness (QED) is 0.0389. The van der Waals surface area contributed by atoms with Gasteiger partial charge in [0, 0.05) is 99.0 Å². The van der Waals surface area contributed by atoms with Crippen molar-refractivity contribution in [3.63, 3.8) is 0 Å². The summed E-state index contributed by atoms with van der Waals surface area (Å²) in [4.78, 5) is 58.7. The number of nitrogens with one attached hydrogen (secondary N) is 5. The number of carbonyl (C=O) groups excluding carboxylic acids is 4. The van der Waals surface area contributed by atoms with Crippen LogP contribution in [0, 0.1) is 30.1 Å². The van der Waals surface area contributed by atoms with Gasteiger partial charge in [-0.15, -0.1) is 0 Å². The van der Waals surface area contributed by atoms with Crippen molar-refractivity contribution in [2.24, 2.45) is 5.41 Å². The Kier molecular flexibility index (Phi) is 15.3. The fourth-order valence-electron chi connectivity index (χ4n) is 6.90. The summed E-state index contributed by atoms with van der Waals surface area (Å²) in [6, 6.07) is 21.1. The Morgan fingerprint density at radius 1 is 0.934 bits per heavy atom. The van der Waals surface area contributed by atoms with E-state index < -0.39 is 23.1 Å². The maximum Gasteiger partial charge on any atom is 0.321 e. The van der Waals surface area contributed by atoms with E-state index in [2.05, 4.69) is 55.0 Å². The second-order valence-electron chi connectivity index (χ2n) is 16.1. The van der Waals surface area contributed by atoms with Crippen molar-refractivity contribution < 1.29 is 23.9 Å². The van der Waals surface area contributed by atoms with Gasteiger partial charge in [-0.3, -0.25) is 30.2 Å². The van der Waals surface area contributed by atoms with Crippen LogP contribution < -0.4 is 36.2 Å². The number of amidine groups is 1. The summed E-state index contributed by atoms with van der Waals surface area (Å²) in [5, 5.41) is 24.6. The Hall–Kier alpha value is -6.61. The van der Waals surface area contributed by atoms with Gasteiger partial charge in [0.2, 0.25) is 5.91 Å². The first kappa shape index (κ1) is 45.5. The Morgan fingerprint density at radius 2 is 1.66 bits per heavy atom. The van der Waals surface area contributed by atoms with Gasteiger partial charge in [0.15, 0.2) is 5.84 Å². The number of carbonyl (C=O) groups is 4. The van der Waals surface area contributed by atoms with Crippen LogP contribution in [0.5, 0.6) is 5.75 Å². The Balaban J connectivity index is 1.10. The lowest BCUT2D eigenvalue weighted by Gasteiger charge is -2.36. The number of amides is 4. The number of ether oxygens (including phenoxy) is 1. The molecule has 3 aromatic carbocycles. The normalized spacial score (nSPS) is 12.9. The molecule has 4 aromatic rings. The molecule has 61 heavy (non-hydrogen) atoms. The van der Waals surface area contributed by atoms with E-state index in [1.165, 1.54) is 0 Å². The molecular formula is C46H58N10O5. The molecule has 1 saturated heterocycles. The van der Waals surface area contributed by atoms with Crippen LogP contribution in [0.15, 0.2) is 72.9 Å². The second-order valence-corrected chi connectivity index (χ2v) is 16.1. The second kappa shape index (κ2) is 20.6. The first-order valence-corrected chi connectivity index (χ1v) is 20.5. The van der Waals surface area contributed by atoms with Crippen molar-refractivity contribution in [3.8, 4) is 16.9 Å². The van der Waals surface area contributed by atoms with E-state index in [0.717, 1.165) is 90.4 Å². The van der Waals surface area contributed by atoms with Crippen molar-refractivity contribution in [2.45, 2.75) is 54.0 Å². The largest absolute Gasteiger partial charge is 0.494 e. The predicted molar refractivity (Wildman–Crippen MR) is 241 cm³/mol. The van der Waals surface area contributed by atoms with Gasteiger partial charge in [-0.25, -0.2) is 9.78 Å². The van der Waals surface area contributed by atoms with Gasteiger partial charge in [0.1, 0.15) is 17.9 Å². The third-order valence-electron chi connectivity index (χ3n) is 10.6. The number of rotatable bonds is 15. The molecule has 1 aliphatic heterocycles. The Bertz CT molecular complexity index is 2240. The molecule has 0 aliphatic carbocycles. The van der Waals surface area contributed by atoms with Crippen LogP contribution in [0.4, 0.5) is 22.0 Å². The zero-order valence-corrected chi connectivity index (χ0v) is 36.0.